The molecule has 2 aliphatic rings. The number of amides is 2. The summed E-state index contributed by atoms with van der Waals surface area (Å²) in [5.74, 6) is -0.390. The van der Waals surface area contributed by atoms with Gasteiger partial charge in [-0.1, -0.05) is 24.3 Å². The molecule has 2 aromatic rings. The van der Waals surface area contributed by atoms with Crippen LogP contribution in [0.1, 0.15) is 20.7 Å². The molecule has 0 aromatic heterocycles. The highest BCUT2D eigenvalue weighted by molar-refractivity contribution is 7.80. The number of piperazine rings is 1. The van der Waals surface area contributed by atoms with Crippen LogP contribution in [-0.4, -0.2) is 77.9 Å². The van der Waals surface area contributed by atoms with Crippen LogP contribution in [-0.2, 0) is 0 Å². The van der Waals surface area contributed by atoms with Crippen LogP contribution in [0.3, 0.4) is 0 Å². The molecule has 140 valence electrons. The molecule has 0 aliphatic carbocycles. The summed E-state index contributed by atoms with van der Waals surface area (Å²) in [6, 6.07) is 11.2. The van der Waals surface area contributed by atoms with Crippen molar-refractivity contribution in [3.05, 3.63) is 47.5 Å². The Morgan fingerprint density at radius 1 is 0.963 bits per heavy atom. The molecule has 0 saturated carbocycles. The highest BCUT2D eigenvalue weighted by Crippen LogP contribution is 2.29. The van der Waals surface area contributed by atoms with Crippen molar-refractivity contribution in [3.8, 4) is 0 Å². The number of carbonyl (C=O) groups excluding carboxylic acids is 2. The molecule has 2 heterocycles. The molecule has 1 saturated heterocycles. The molecule has 7 heteroatoms. The molecule has 0 atom stereocenters. The molecular weight excluding hydrogens is 360 g/mol. The fraction of sp³-hybridized carbons (Fsp3) is 0.350. The first-order valence-electron chi connectivity index (χ1n) is 9.17. The lowest BCUT2D eigenvalue weighted by Gasteiger charge is -2.37. The van der Waals surface area contributed by atoms with Gasteiger partial charge in [0, 0.05) is 62.8 Å². The van der Waals surface area contributed by atoms with Crippen LogP contribution < -0.4 is 5.32 Å². The fourth-order valence-corrected chi connectivity index (χ4v) is 4.04. The van der Waals surface area contributed by atoms with Gasteiger partial charge in [0.1, 0.15) is 0 Å². The first-order valence-corrected chi connectivity index (χ1v) is 9.58. The van der Waals surface area contributed by atoms with Crippen molar-refractivity contribution in [2.75, 3.05) is 46.3 Å². The lowest BCUT2D eigenvalue weighted by molar-refractivity contribution is 0.0583. The second kappa shape index (κ2) is 7.25. The van der Waals surface area contributed by atoms with Gasteiger partial charge in [-0.3, -0.25) is 19.4 Å². The van der Waals surface area contributed by atoms with E-state index in [9.17, 15) is 9.59 Å². The number of rotatable bonds is 3. The fourth-order valence-electron chi connectivity index (χ4n) is 3.86. The quantitative estimate of drug-likeness (QED) is 0.642. The Labute approximate surface area is 163 Å². The van der Waals surface area contributed by atoms with E-state index >= 15 is 0 Å². The Morgan fingerprint density at radius 3 is 2.11 bits per heavy atom. The van der Waals surface area contributed by atoms with Crippen LogP contribution in [0, 0.1) is 0 Å². The van der Waals surface area contributed by atoms with E-state index in [0.717, 1.165) is 42.1 Å². The van der Waals surface area contributed by atoms with Gasteiger partial charge in [0.2, 0.25) is 0 Å². The minimum Gasteiger partial charge on any atom is -0.366 e. The predicted molar refractivity (Wildman–Crippen MR) is 109 cm³/mol. The van der Waals surface area contributed by atoms with Gasteiger partial charge in [-0.05, 0) is 29.7 Å². The molecule has 2 aliphatic heterocycles. The van der Waals surface area contributed by atoms with Crippen LogP contribution in [0.2, 0.25) is 0 Å². The molecular formula is C20H22N4O2S. The summed E-state index contributed by atoms with van der Waals surface area (Å²) in [7, 11) is 1.83. The van der Waals surface area contributed by atoms with E-state index in [1.165, 1.54) is 4.90 Å². The van der Waals surface area contributed by atoms with Crippen molar-refractivity contribution in [1.82, 2.24) is 20.0 Å². The van der Waals surface area contributed by atoms with Crippen molar-refractivity contribution in [3.63, 3.8) is 0 Å². The normalized spacial score (nSPS) is 17.5. The number of nitrogens with one attached hydrogen (secondary N) is 1. The van der Waals surface area contributed by atoms with E-state index in [1.54, 1.807) is 0 Å². The highest BCUT2D eigenvalue weighted by Gasteiger charge is 2.32. The number of carbonyl (C=O) groups is 2. The summed E-state index contributed by atoms with van der Waals surface area (Å²) in [6.07, 6.45) is 0. The van der Waals surface area contributed by atoms with E-state index in [4.69, 9.17) is 12.2 Å². The number of benzene rings is 2. The van der Waals surface area contributed by atoms with Crippen molar-refractivity contribution in [2.24, 2.45) is 0 Å². The second-order valence-electron chi connectivity index (χ2n) is 6.86. The topological polar surface area (TPSA) is 55.9 Å². The van der Waals surface area contributed by atoms with Crippen molar-refractivity contribution in [1.29, 1.82) is 0 Å². The molecule has 1 fully saturated rings. The van der Waals surface area contributed by atoms with Crippen LogP contribution in [0.15, 0.2) is 36.4 Å². The van der Waals surface area contributed by atoms with Crippen molar-refractivity contribution < 1.29 is 9.59 Å². The molecule has 0 radical (unpaired) electrons. The van der Waals surface area contributed by atoms with Gasteiger partial charge in [0.25, 0.3) is 11.8 Å². The molecule has 0 bridgehead atoms. The Morgan fingerprint density at radius 2 is 1.56 bits per heavy atom. The standard InChI is InChI=1S/C20H22N4O2S/c1-21-20(27)23-11-8-22(9-12-23)10-13-24-18(25)15-6-2-4-14-5-3-7-16(17(14)15)19(24)26/h2-7H,8-13H2,1H3,(H,21,27). The number of hydrogen-bond donors (Lipinski definition) is 1. The maximum atomic E-state index is 12.9. The summed E-state index contributed by atoms with van der Waals surface area (Å²) in [5.41, 5.74) is 1.23. The first kappa shape index (κ1) is 17.9. The van der Waals surface area contributed by atoms with E-state index in [0.29, 0.717) is 24.2 Å². The second-order valence-corrected chi connectivity index (χ2v) is 7.24. The van der Waals surface area contributed by atoms with Crippen LogP contribution in [0.4, 0.5) is 0 Å². The minimum absolute atomic E-state index is 0.195. The zero-order valence-electron chi connectivity index (χ0n) is 15.3. The number of hydrogen-bond acceptors (Lipinski definition) is 4. The van der Waals surface area contributed by atoms with E-state index in [-0.39, 0.29) is 11.8 Å². The minimum atomic E-state index is -0.195. The molecule has 27 heavy (non-hydrogen) atoms. The third-order valence-corrected chi connectivity index (χ3v) is 5.83. The van der Waals surface area contributed by atoms with Crippen LogP contribution in [0.5, 0.6) is 0 Å². The van der Waals surface area contributed by atoms with Crippen molar-refractivity contribution >= 4 is 39.9 Å². The van der Waals surface area contributed by atoms with Gasteiger partial charge in [-0.25, -0.2) is 0 Å². The van der Waals surface area contributed by atoms with Gasteiger partial charge in [-0.2, -0.15) is 0 Å². The Hall–Kier alpha value is -2.51. The van der Waals surface area contributed by atoms with Gasteiger partial charge >= 0.3 is 0 Å². The van der Waals surface area contributed by atoms with E-state index in [1.807, 2.05) is 43.4 Å². The summed E-state index contributed by atoms with van der Waals surface area (Å²) in [4.78, 5) is 31.6. The van der Waals surface area contributed by atoms with Gasteiger partial charge in [-0.15, -0.1) is 0 Å². The van der Waals surface area contributed by atoms with Crippen molar-refractivity contribution in [2.45, 2.75) is 0 Å². The molecule has 1 N–H and O–H groups in total. The van der Waals surface area contributed by atoms with Gasteiger partial charge < -0.3 is 10.2 Å². The molecule has 0 spiro atoms. The summed E-state index contributed by atoms with van der Waals surface area (Å²) < 4.78 is 0. The Bertz CT molecular complexity index is 871. The maximum absolute atomic E-state index is 12.9. The third kappa shape index (κ3) is 3.17. The zero-order valence-corrected chi connectivity index (χ0v) is 16.1. The zero-order chi connectivity index (χ0) is 19.0. The Kier molecular flexibility index (Phi) is 4.80. The first-order chi connectivity index (χ1) is 13.1. The van der Waals surface area contributed by atoms with Crippen LogP contribution >= 0.6 is 12.2 Å². The smallest absolute Gasteiger partial charge is 0.261 e. The third-order valence-electron chi connectivity index (χ3n) is 5.37. The molecule has 2 aromatic carbocycles. The number of thiocarbonyl (C=S) groups is 1. The van der Waals surface area contributed by atoms with Crippen LogP contribution in [0.25, 0.3) is 10.8 Å². The molecule has 2 amide bonds. The molecule has 6 nitrogen and oxygen atoms in total. The number of imide groups is 1. The SMILES string of the molecule is CNC(=S)N1CCN(CCN2C(=O)c3cccc4cccc(c34)C2=O)CC1. The maximum Gasteiger partial charge on any atom is 0.261 e. The highest BCUT2D eigenvalue weighted by atomic mass is 32.1. The van der Waals surface area contributed by atoms with E-state index < -0.39 is 0 Å². The summed E-state index contributed by atoms with van der Waals surface area (Å²) in [5, 5.41) is 5.48. The van der Waals surface area contributed by atoms with Gasteiger partial charge in [0.15, 0.2) is 5.11 Å². The monoisotopic (exact) mass is 382 g/mol. The number of nitrogens with zero attached hydrogens (tertiary/aromatic N) is 3. The lowest BCUT2D eigenvalue weighted by Crippen LogP contribution is -2.53. The molecule has 0 unspecified atom stereocenters. The van der Waals surface area contributed by atoms with Gasteiger partial charge in [0.05, 0.1) is 0 Å². The largest absolute Gasteiger partial charge is 0.366 e. The average Bonchev–Trinajstić information content (AvgIpc) is 2.71. The summed E-state index contributed by atoms with van der Waals surface area (Å²) >= 11 is 5.28. The Balaban J connectivity index is 1.46. The molecule has 4 rings (SSSR count). The summed E-state index contributed by atoms with van der Waals surface area (Å²) in [6.45, 7) is 4.51. The van der Waals surface area contributed by atoms with E-state index in [2.05, 4.69) is 15.1 Å². The predicted octanol–water partition coefficient (Wildman–Crippen LogP) is 1.56. The average molecular weight is 382 g/mol. The lowest BCUT2D eigenvalue weighted by atomic mass is 9.94.